The van der Waals surface area contributed by atoms with Crippen LogP contribution in [0, 0.1) is 5.82 Å². The van der Waals surface area contributed by atoms with Crippen molar-refractivity contribution in [2.45, 2.75) is 69.1 Å². The number of ether oxygens (including phenoxy) is 2. The second kappa shape index (κ2) is 11.7. The molecule has 0 bridgehead atoms. The van der Waals surface area contributed by atoms with Gasteiger partial charge in [-0.3, -0.25) is 9.59 Å². The van der Waals surface area contributed by atoms with Crippen LogP contribution in [-0.2, 0) is 19.7 Å². The summed E-state index contributed by atoms with van der Waals surface area (Å²) < 4.78 is 26.8. The Kier molecular flexibility index (Phi) is 8.06. The molecule has 6 rings (SSSR count). The minimum Gasteiger partial charge on any atom is -0.490 e. The third kappa shape index (κ3) is 5.88. The molecule has 0 aliphatic carbocycles. The van der Waals surface area contributed by atoms with E-state index in [1.807, 2.05) is 52.9 Å². The number of nitrogens with one attached hydrogen (secondary N) is 2. The van der Waals surface area contributed by atoms with Gasteiger partial charge in [-0.15, -0.1) is 0 Å². The average Bonchev–Trinajstić information content (AvgIpc) is 3.25. The number of halogens is 2. The number of carbonyl (C=O) groups is 3. The number of benzene rings is 3. The molecule has 3 amide bonds. The van der Waals surface area contributed by atoms with Gasteiger partial charge in [-0.2, -0.15) is 0 Å². The lowest BCUT2D eigenvalue weighted by Gasteiger charge is -2.47. The van der Waals surface area contributed by atoms with Crippen molar-refractivity contribution in [1.82, 2.24) is 10.2 Å². The van der Waals surface area contributed by atoms with Crippen molar-refractivity contribution in [2.24, 2.45) is 0 Å². The van der Waals surface area contributed by atoms with Crippen molar-refractivity contribution in [3.8, 4) is 5.75 Å². The smallest absolute Gasteiger partial charge is 0.410 e. The minimum absolute atomic E-state index is 0.0121. The third-order valence-corrected chi connectivity index (χ3v) is 9.10. The maximum absolute atomic E-state index is 14.6. The largest absolute Gasteiger partial charge is 0.490 e. The van der Waals surface area contributed by atoms with Crippen molar-refractivity contribution in [3.63, 3.8) is 0 Å². The number of anilines is 1. The first-order valence-electron chi connectivity index (χ1n) is 15.3. The van der Waals surface area contributed by atoms with Gasteiger partial charge in [0.1, 0.15) is 36.5 Å². The van der Waals surface area contributed by atoms with E-state index in [1.165, 1.54) is 12.1 Å². The first-order valence-corrected chi connectivity index (χ1v) is 15.6. The Morgan fingerprint density at radius 1 is 1.07 bits per heavy atom. The van der Waals surface area contributed by atoms with Crippen LogP contribution < -0.4 is 20.8 Å². The molecule has 3 aromatic rings. The van der Waals surface area contributed by atoms with Crippen molar-refractivity contribution >= 4 is 48.5 Å². The fourth-order valence-electron chi connectivity index (χ4n) is 6.94. The minimum atomic E-state index is -1.33. The molecule has 8 nitrogen and oxygen atoms in total. The summed E-state index contributed by atoms with van der Waals surface area (Å²) in [5.74, 6) is -1.11. The lowest BCUT2D eigenvalue weighted by atomic mass is 9.59. The molecule has 3 atom stereocenters. The van der Waals surface area contributed by atoms with E-state index in [4.69, 9.17) is 21.1 Å². The Balaban J connectivity index is 1.40. The Morgan fingerprint density at radius 2 is 1.82 bits per heavy atom. The highest BCUT2D eigenvalue weighted by atomic mass is 35.5. The highest BCUT2D eigenvalue weighted by molar-refractivity contribution is 6.32. The van der Waals surface area contributed by atoms with E-state index < -0.39 is 28.8 Å². The maximum atomic E-state index is 14.6. The predicted molar refractivity (Wildman–Crippen MR) is 172 cm³/mol. The molecule has 3 aromatic carbocycles. The van der Waals surface area contributed by atoms with Crippen LogP contribution in [0.2, 0.25) is 5.02 Å². The standard InChI is InChI=1S/C34H36BClFN3O5/c1-33(2,3)45-32(43)40-13-11-23(12-14-40)44-28-10-7-20(35)16-24(28)26-18-29(41)39-30(19-5-4-6-22(37)15-19)34(26)25-9-8-21(36)17-27(25)38-31(34)42/h4-10,15-17,23,26,30H,11-14,18,35H2,1-3H3,(H,38,42)(H,39,41)/t26-,30+,34-/m1/s1. The number of fused-ring (bicyclic) bond motifs is 2. The zero-order chi connectivity index (χ0) is 32.1. The zero-order valence-corrected chi connectivity index (χ0v) is 26.5. The lowest BCUT2D eigenvalue weighted by molar-refractivity contribution is -0.131. The summed E-state index contributed by atoms with van der Waals surface area (Å²) in [7, 11) is 1.95. The van der Waals surface area contributed by atoms with Gasteiger partial charge >= 0.3 is 6.09 Å². The number of amides is 3. The summed E-state index contributed by atoms with van der Waals surface area (Å²) in [5, 5.41) is 6.51. The average molecular weight is 632 g/mol. The molecule has 0 radical (unpaired) electrons. The fraction of sp³-hybridized carbons (Fsp3) is 0.382. The van der Waals surface area contributed by atoms with E-state index in [0.29, 0.717) is 53.5 Å². The molecule has 45 heavy (non-hydrogen) atoms. The molecule has 3 heterocycles. The Bertz CT molecular complexity index is 1670. The highest BCUT2D eigenvalue weighted by Gasteiger charge is 2.61. The van der Waals surface area contributed by atoms with Crippen molar-refractivity contribution in [1.29, 1.82) is 0 Å². The first kappa shape index (κ1) is 31.0. The van der Waals surface area contributed by atoms with Gasteiger partial charge in [0.2, 0.25) is 11.8 Å². The number of rotatable bonds is 4. The Morgan fingerprint density at radius 3 is 2.53 bits per heavy atom. The van der Waals surface area contributed by atoms with Gasteiger partial charge in [0, 0.05) is 49.0 Å². The Labute approximate surface area is 268 Å². The normalized spacial score (nSPS) is 23.4. The SMILES string of the molecule is Bc1ccc(OC2CCN(C(=O)OC(C)(C)C)CC2)c([C@H]2CC(=O)N[C@@H](c3cccc(F)c3)[C@]23C(=O)Nc2cc(Cl)ccc23)c1. The van der Waals surface area contributed by atoms with Gasteiger partial charge in [0.15, 0.2) is 0 Å². The molecule has 0 saturated carbocycles. The van der Waals surface area contributed by atoms with Crippen molar-refractivity contribution in [2.75, 3.05) is 18.4 Å². The second-order valence-corrected chi connectivity index (χ2v) is 13.6. The first-order chi connectivity index (χ1) is 21.3. The number of hydrogen-bond acceptors (Lipinski definition) is 5. The Hall–Kier alpha value is -4.05. The van der Waals surface area contributed by atoms with Crippen LogP contribution in [0.15, 0.2) is 60.7 Å². The van der Waals surface area contributed by atoms with Crippen LogP contribution in [0.4, 0.5) is 14.9 Å². The number of likely N-dealkylation sites (tertiary alicyclic amines) is 1. The third-order valence-electron chi connectivity index (χ3n) is 8.86. The molecule has 2 fully saturated rings. The van der Waals surface area contributed by atoms with E-state index >= 15 is 0 Å². The lowest BCUT2D eigenvalue weighted by Crippen LogP contribution is -2.57. The van der Waals surface area contributed by atoms with Crippen LogP contribution in [0.3, 0.4) is 0 Å². The fourth-order valence-corrected chi connectivity index (χ4v) is 7.11. The molecule has 3 aliphatic heterocycles. The van der Waals surface area contributed by atoms with Crippen molar-refractivity contribution in [3.05, 3.63) is 88.2 Å². The molecule has 2 N–H and O–H groups in total. The summed E-state index contributed by atoms with van der Waals surface area (Å²) in [6, 6.07) is 16.2. The summed E-state index contributed by atoms with van der Waals surface area (Å²) in [4.78, 5) is 42.2. The number of piperidine rings is 2. The molecule has 0 aromatic heterocycles. The molecular weight excluding hydrogens is 596 g/mol. The van der Waals surface area contributed by atoms with Gasteiger partial charge in [0.25, 0.3) is 0 Å². The van der Waals surface area contributed by atoms with E-state index in [2.05, 4.69) is 10.6 Å². The molecular formula is C34H36BClFN3O5. The van der Waals surface area contributed by atoms with Gasteiger partial charge in [-0.05, 0) is 67.8 Å². The van der Waals surface area contributed by atoms with Gasteiger partial charge in [0.05, 0.1) is 6.04 Å². The van der Waals surface area contributed by atoms with Crippen LogP contribution >= 0.6 is 11.6 Å². The molecule has 234 valence electrons. The summed E-state index contributed by atoms with van der Waals surface area (Å²) >= 11 is 6.34. The van der Waals surface area contributed by atoms with Gasteiger partial charge in [-0.1, -0.05) is 47.4 Å². The summed E-state index contributed by atoms with van der Waals surface area (Å²) in [6.07, 6.45) is 0.660. The summed E-state index contributed by atoms with van der Waals surface area (Å²) in [6.45, 7) is 6.49. The van der Waals surface area contributed by atoms with Crippen molar-refractivity contribution < 1.29 is 28.2 Å². The molecule has 1 spiro atoms. The van der Waals surface area contributed by atoms with E-state index in [0.717, 1.165) is 11.0 Å². The predicted octanol–water partition coefficient (Wildman–Crippen LogP) is 4.75. The van der Waals surface area contributed by atoms with E-state index in [1.54, 1.807) is 29.2 Å². The molecule has 0 unspecified atom stereocenters. The monoisotopic (exact) mass is 631 g/mol. The van der Waals surface area contributed by atoms with E-state index in [9.17, 15) is 18.8 Å². The van der Waals surface area contributed by atoms with Gasteiger partial charge in [-0.25, -0.2) is 9.18 Å². The van der Waals surface area contributed by atoms with E-state index in [-0.39, 0.29) is 30.4 Å². The highest BCUT2D eigenvalue weighted by Crippen LogP contribution is 2.58. The zero-order valence-electron chi connectivity index (χ0n) is 25.8. The molecule has 11 heteroatoms. The number of hydrogen-bond donors (Lipinski definition) is 2. The summed E-state index contributed by atoms with van der Waals surface area (Å²) in [5.41, 5.74) is 1.47. The molecule has 3 aliphatic rings. The maximum Gasteiger partial charge on any atom is 0.410 e. The number of nitrogens with zero attached hydrogens (tertiary/aromatic N) is 1. The van der Waals surface area contributed by atoms with Crippen LogP contribution in [-0.4, -0.2) is 55.4 Å². The quantitative estimate of drug-likeness (QED) is 0.405. The van der Waals surface area contributed by atoms with Crippen LogP contribution in [0.5, 0.6) is 5.75 Å². The topological polar surface area (TPSA) is 97.0 Å². The van der Waals surface area contributed by atoms with Crippen LogP contribution in [0.1, 0.15) is 68.7 Å². The van der Waals surface area contributed by atoms with Gasteiger partial charge < -0.3 is 25.0 Å². The number of carbonyl (C=O) groups excluding carboxylic acids is 3. The van der Waals surface area contributed by atoms with Crippen LogP contribution in [0.25, 0.3) is 0 Å². The second-order valence-electron chi connectivity index (χ2n) is 13.2. The molecule has 2 saturated heterocycles.